The van der Waals surface area contributed by atoms with Gasteiger partial charge in [0.2, 0.25) is 0 Å². The zero-order valence-electron chi connectivity index (χ0n) is 18.9. The summed E-state index contributed by atoms with van der Waals surface area (Å²) in [5.74, 6) is -1.07. The highest BCUT2D eigenvalue weighted by Crippen LogP contribution is 2.21. The molecule has 0 aliphatic rings. The molecular formula is C25H25FN2O5. The molecule has 1 N–H and O–H groups in total. The molecule has 8 heteroatoms. The standard InChI is InChI=1S/C25H25FN2O5/c1-15-22(16(2)27-23(15)25(31)33-4)21(29)14-28(13-17-5-9-19(26)10-6-17)24(30)18-7-11-20(32-3)12-8-18/h5-12,27H,13-14H2,1-4H3. The Morgan fingerprint density at radius 3 is 2.18 bits per heavy atom. The number of ketones is 1. The zero-order chi connectivity index (χ0) is 24.1. The SMILES string of the molecule is COC(=O)c1[nH]c(C)c(C(=O)CN(Cc2ccc(F)cc2)C(=O)c2ccc(OC)cc2)c1C. The first-order valence-electron chi connectivity index (χ1n) is 10.2. The number of aromatic amines is 1. The Labute approximate surface area is 191 Å². The van der Waals surface area contributed by atoms with Gasteiger partial charge in [-0.1, -0.05) is 12.1 Å². The van der Waals surface area contributed by atoms with Crippen LogP contribution in [0.15, 0.2) is 48.5 Å². The number of rotatable bonds is 8. The fourth-order valence-electron chi connectivity index (χ4n) is 3.65. The van der Waals surface area contributed by atoms with Gasteiger partial charge >= 0.3 is 5.97 Å². The first kappa shape index (κ1) is 23.7. The minimum atomic E-state index is -0.577. The molecule has 0 fully saturated rings. The normalized spacial score (nSPS) is 10.6. The first-order valence-corrected chi connectivity index (χ1v) is 10.2. The summed E-state index contributed by atoms with van der Waals surface area (Å²) in [4.78, 5) is 42.8. The lowest BCUT2D eigenvalue weighted by molar-refractivity contribution is 0.0593. The van der Waals surface area contributed by atoms with Crippen molar-refractivity contribution in [2.45, 2.75) is 20.4 Å². The fraction of sp³-hybridized carbons (Fsp3) is 0.240. The van der Waals surface area contributed by atoms with E-state index >= 15 is 0 Å². The van der Waals surface area contributed by atoms with E-state index in [-0.39, 0.29) is 30.5 Å². The quantitative estimate of drug-likeness (QED) is 0.411. The van der Waals surface area contributed by atoms with Crippen molar-refractivity contribution in [3.8, 4) is 5.75 Å². The van der Waals surface area contributed by atoms with Crippen LogP contribution >= 0.6 is 0 Å². The molecule has 3 rings (SSSR count). The fourth-order valence-corrected chi connectivity index (χ4v) is 3.65. The van der Waals surface area contributed by atoms with Gasteiger partial charge in [-0.15, -0.1) is 0 Å². The molecule has 0 saturated heterocycles. The second-order valence-corrected chi connectivity index (χ2v) is 7.56. The van der Waals surface area contributed by atoms with E-state index in [1.165, 1.54) is 31.3 Å². The number of esters is 1. The van der Waals surface area contributed by atoms with Crippen molar-refractivity contribution in [3.63, 3.8) is 0 Å². The van der Waals surface area contributed by atoms with Crippen LogP contribution in [-0.4, -0.2) is 48.3 Å². The van der Waals surface area contributed by atoms with Crippen molar-refractivity contribution < 1.29 is 28.2 Å². The lowest BCUT2D eigenvalue weighted by atomic mass is 10.0. The topological polar surface area (TPSA) is 88.7 Å². The van der Waals surface area contributed by atoms with Crippen LogP contribution in [0.3, 0.4) is 0 Å². The van der Waals surface area contributed by atoms with E-state index in [4.69, 9.17) is 9.47 Å². The number of nitrogens with zero attached hydrogens (tertiary/aromatic N) is 1. The molecule has 0 aliphatic heterocycles. The lowest BCUT2D eigenvalue weighted by Crippen LogP contribution is -2.35. The Morgan fingerprint density at radius 1 is 0.970 bits per heavy atom. The van der Waals surface area contributed by atoms with E-state index in [2.05, 4.69) is 4.98 Å². The molecule has 7 nitrogen and oxygen atoms in total. The van der Waals surface area contributed by atoms with Gasteiger partial charge in [-0.2, -0.15) is 0 Å². The van der Waals surface area contributed by atoms with E-state index in [9.17, 15) is 18.8 Å². The Kier molecular flexibility index (Phi) is 7.27. The van der Waals surface area contributed by atoms with Crippen molar-refractivity contribution in [1.82, 2.24) is 9.88 Å². The summed E-state index contributed by atoms with van der Waals surface area (Å²) in [5, 5.41) is 0. The molecule has 172 valence electrons. The van der Waals surface area contributed by atoms with Crippen LogP contribution in [0.5, 0.6) is 5.75 Å². The lowest BCUT2D eigenvalue weighted by Gasteiger charge is -2.23. The molecule has 1 aromatic heterocycles. The third-order valence-corrected chi connectivity index (χ3v) is 5.35. The summed E-state index contributed by atoms with van der Waals surface area (Å²) >= 11 is 0. The van der Waals surface area contributed by atoms with E-state index in [1.54, 1.807) is 50.2 Å². The number of nitrogens with one attached hydrogen (secondary N) is 1. The highest BCUT2D eigenvalue weighted by atomic mass is 19.1. The van der Waals surface area contributed by atoms with Crippen LogP contribution < -0.4 is 4.74 Å². The molecule has 0 atom stereocenters. The minimum Gasteiger partial charge on any atom is -0.497 e. The maximum atomic E-state index is 13.3. The number of aryl methyl sites for hydroxylation is 1. The highest BCUT2D eigenvalue weighted by molar-refractivity contribution is 6.05. The van der Waals surface area contributed by atoms with E-state index in [0.717, 1.165) is 0 Å². The smallest absolute Gasteiger partial charge is 0.354 e. The van der Waals surface area contributed by atoms with Gasteiger partial charge in [-0.3, -0.25) is 9.59 Å². The second-order valence-electron chi connectivity index (χ2n) is 7.56. The zero-order valence-corrected chi connectivity index (χ0v) is 18.9. The van der Waals surface area contributed by atoms with Gasteiger partial charge in [0.15, 0.2) is 5.78 Å². The van der Waals surface area contributed by atoms with Gasteiger partial charge in [0.1, 0.15) is 17.3 Å². The molecule has 2 aromatic carbocycles. The summed E-state index contributed by atoms with van der Waals surface area (Å²) in [6.07, 6.45) is 0. The van der Waals surface area contributed by atoms with Gasteiger partial charge < -0.3 is 19.4 Å². The maximum absolute atomic E-state index is 13.3. The number of aromatic nitrogens is 1. The molecule has 3 aromatic rings. The molecule has 0 saturated carbocycles. The third kappa shape index (κ3) is 5.28. The summed E-state index contributed by atoms with van der Waals surface area (Å²) in [5.41, 5.74) is 2.55. The van der Waals surface area contributed by atoms with Crippen LogP contribution in [0, 0.1) is 19.7 Å². The molecule has 0 radical (unpaired) electrons. The van der Waals surface area contributed by atoms with Gasteiger partial charge in [-0.25, -0.2) is 9.18 Å². The van der Waals surface area contributed by atoms with Crippen LogP contribution in [0.2, 0.25) is 0 Å². The molecule has 0 spiro atoms. The van der Waals surface area contributed by atoms with Gasteiger partial charge in [0, 0.05) is 23.4 Å². The van der Waals surface area contributed by atoms with Crippen LogP contribution in [-0.2, 0) is 11.3 Å². The van der Waals surface area contributed by atoms with Gasteiger partial charge in [0.05, 0.1) is 20.8 Å². The number of ether oxygens (including phenoxy) is 2. The first-order chi connectivity index (χ1) is 15.7. The van der Waals surface area contributed by atoms with Crippen molar-refractivity contribution in [1.29, 1.82) is 0 Å². The molecule has 1 heterocycles. The van der Waals surface area contributed by atoms with Crippen LogP contribution in [0.25, 0.3) is 0 Å². The molecule has 1 amide bonds. The number of H-pyrrole nitrogens is 1. The number of benzene rings is 2. The Hall–Kier alpha value is -3.94. The van der Waals surface area contributed by atoms with Crippen molar-refractivity contribution in [3.05, 3.63) is 88.0 Å². The van der Waals surface area contributed by atoms with E-state index in [1.807, 2.05) is 0 Å². The second kappa shape index (κ2) is 10.1. The monoisotopic (exact) mass is 452 g/mol. The van der Waals surface area contributed by atoms with Crippen molar-refractivity contribution in [2.24, 2.45) is 0 Å². The average Bonchev–Trinajstić information content (AvgIpc) is 3.12. The number of hydrogen-bond acceptors (Lipinski definition) is 5. The Bertz CT molecular complexity index is 1170. The number of hydrogen-bond donors (Lipinski definition) is 1. The van der Waals surface area contributed by atoms with E-state index < -0.39 is 11.8 Å². The molecule has 0 aliphatic carbocycles. The van der Waals surface area contributed by atoms with Gasteiger partial charge in [-0.05, 0) is 61.4 Å². The van der Waals surface area contributed by atoms with E-state index in [0.29, 0.717) is 33.7 Å². The number of carbonyl (C=O) groups is 3. The van der Waals surface area contributed by atoms with Crippen LogP contribution in [0.1, 0.15) is 48.0 Å². The molecule has 33 heavy (non-hydrogen) atoms. The minimum absolute atomic E-state index is 0.100. The van der Waals surface area contributed by atoms with Crippen molar-refractivity contribution in [2.75, 3.05) is 20.8 Å². The average molecular weight is 452 g/mol. The summed E-state index contributed by atoms with van der Waals surface area (Å²) in [6.45, 7) is 3.20. The van der Waals surface area contributed by atoms with Crippen LogP contribution in [0.4, 0.5) is 4.39 Å². The number of methoxy groups -OCH3 is 2. The number of Topliss-reactive ketones (excluding diaryl/α,β-unsaturated/α-hetero) is 1. The summed E-state index contributed by atoms with van der Waals surface area (Å²) < 4.78 is 23.3. The van der Waals surface area contributed by atoms with Gasteiger partial charge in [0.25, 0.3) is 5.91 Å². The Balaban J connectivity index is 1.92. The molecule has 0 unspecified atom stereocenters. The number of carbonyl (C=O) groups excluding carboxylic acids is 3. The highest BCUT2D eigenvalue weighted by Gasteiger charge is 2.26. The molecule has 0 bridgehead atoms. The predicted octanol–water partition coefficient (Wildman–Crippen LogP) is 4.09. The summed E-state index contributed by atoms with van der Waals surface area (Å²) in [6, 6.07) is 12.3. The Morgan fingerprint density at radius 2 is 1.61 bits per heavy atom. The summed E-state index contributed by atoms with van der Waals surface area (Å²) in [7, 11) is 2.79. The maximum Gasteiger partial charge on any atom is 0.354 e. The third-order valence-electron chi connectivity index (χ3n) is 5.35. The number of amides is 1. The largest absolute Gasteiger partial charge is 0.497 e. The number of halogens is 1. The molecular weight excluding hydrogens is 427 g/mol. The van der Waals surface area contributed by atoms with Crippen molar-refractivity contribution >= 4 is 17.7 Å². The predicted molar refractivity (Wildman–Crippen MR) is 120 cm³/mol.